The molecule has 1 aliphatic heterocycles. The molecule has 0 aliphatic carbocycles. The van der Waals surface area contributed by atoms with Crippen molar-refractivity contribution in [1.82, 2.24) is 19.9 Å². The second-order valence-corrected chi connectivity index (χ2v) is 6.93. The maximum atomic E-state index is 12.7. The van der Waals surface area contributed by atoms with Gasteiger partial charge in [0.15, 0.2) is 0 Å². The maximum Gasteiger partial charge on any atom is 0.294 e. The largest absolute Gasteiger partial charge is 0.362 e. The van der Waals surface area contributed by atoms with E-state index in [0.29, 0.717) is 36.9 Å². The van der Waals surface area contributed by atoms with Crippen LogP contribution in [0.3, 0.4) is 0 Å². The monoisotopic (exact) mass is 400 g/mol. The van der Waals surface area contributed by atoms with Gasteiger partial charge in [-0.15, -0.1) is 5.10 Å². The van der Waals surface area contributed by atoms with Gasteiger partial charge in [-0.05, 0) is 24.3 Å². The third-order valence-corrected chi connectivity index (χ3v) is 5.05. The van der Waals surface area contributed by atoms with Crippen LogP contribution in [0.1, 0.15) is 0 Å². The van der Waals surface area contributed by atoms with Crippen LogP contribution in [0.5, 0.6) is 0 Å². The van der Waals surface area contributed by atoms with Crippen LogP contribution < -0.4 is 4.90 Å². The first-order chi connectivity index (χ1) is 13.5. The topological polar surface area (TPSA) is 97.4 Å². The highest BCUT2D eigenvalue weighted by Crippen LogP contribution is 2.31. The van der Waals surface area contributed by atoms with Crippen LogP contribution in [0.4, 0.5) is 11.4 Å². The Morgan fingerprint density at radius 2 is 1.89 bits per heavy atom. The molecular weight excluding hydrogens is 384 g/mol. The summed E-state index contributed by atoms with van der Waals surface area (Å²) < 4.78 is 1.59. The van der Waals surface area contributed by atoms with Gasteiger partial charge in [-0.1, -0.05) is 28.9 Å². The van der Waals surface area contributed by atoms with Crippen molar-refractivity contribution in [2.75, 3.05) is 31.1 Å². The van der Waals surface area contributed by atoms with Crippen molar-refractivity contribution in [3.05, 3.63) is 57.6 Å². The number of nitrogens with zero attached hydrogens (tertiary/aromatic N) is 6. The number of nitro benzene ring substituents is 1. The third kappa shape index (κ3) is 3.48. The molecule has 2 heterocycles. The smallest absolute Gasteiger partial charge is 0.294 e. The first kappa shape index (κ1) is 18.2. The predicted molar refractivity (Wildman–Crippen MR) is 104 cm³/mol. The fraction of sp³-hybridized carbons (Fsp3) is 0.278. The molecule has 0 radical (unpaired) electrons. The van der Waals surface area contributed by atoms with Crippen molar-refractivity contribution in [3.63, 3.8) is 0 Å². The SMILES string of the molecule is O=C(Cn1nnc2ccccc21)N1CCN(c2ccc(Cl)cc2[N+](=O)[O-])CC1. The minimum atomic E-state index is -0.436. The summed E-state index contributed by atoms with van der Waals surface area (Å²) >= 11 is 5.88. The fourth-order valence-corrected chi connectivity index (χ4v) is 3.54. The summed E-state index contributed by atoms with van der Waals surface area (Å²) in [4.78, 5) is 27.2. The number of fused-ring (bicyclic) bond motifs is 1. The van der Waals surface area contributed by atoms with E-state index in [2.05, 4.69) is 10.3 Å². The Hall–Kier alpha value is -3.20. The number of carbonyl (C=O) groups excluding carboxylic acids is 1. The van der Waals surface area contributed by atoms with Gasteiger partial charge in [-0.2, -0.15) is 0 Å². The van der Waals surface area contributed by atoms with Gasteiger partial charge < -0.3 is 9.80 Å². The number of rotatable bonds is 4. The molecule has 1 aliphatic rings. The first-order valence-electron chi connectivity index (χ1n) is 8.78. The van der Waals surface area contributed by atoms with Gasteiger partial charge in [-0.3, -0.25) is 14.9 Å². The molecule has 10 heteroatoms. The van der Waals surface area contributed by atoms with Crippen molar-refractivity contribution in [2.45, 2.75) is 6.54 Å². The second-order valence-electron chi connectivity index (χ2n) is 6.49. The molecule has 0 spiro atoms. The molecule has 1 saturated heterocycles. The quantitative estimate of drug-likeness (QED) is 0.492. The lowest BCUT2D eigenvalue weighted by Gasteiger charge is -2.35. The Morgan fingerprint density at radius 3 is 2.64 bits per heavy atom. The number of anilines is 1. The highest BCUT2D eigenvalue weighted by atomic mass is 35.5. The summed E-state index contributed by atoms with van der Waals surface area (Å²) in [5, 5.41) is 19.8. The number of carbonyl (C=O) groups is 1. The summed E-state index contributed by atoms with van der Waals surface area (Å²) in [5.41, 5.74) is 2.05. The average molecular weight is 401 g/mol. The molecule has 0 N–H and O–H groups in total. The lowest BCUT2D eigenvalue weighted by atomic mass is 10.2. The van der Waals surface area contributed by atoms with Crippen LogP contribution in [0.15, 0.2) is 42.5 Å². The molecule has 9 nitrogen and oxygen atoms in total. The molecule has 1 fully saturated rings. The van der Waals surface area contributed by atoms with E-state index in [9.17, 15) is 14.9 Å². The summed E-state index contributed by atoms with van der Waals surface area (Å²) in [7, 11) is 0. The molecule has 4 rings (SSSR count). The molecule has 1 amide bonds. The van der Waals surface area contributed by atoms with E-state index in [1.807, 2.05) is 29.2 Å². The normalized spacial score (nSPS) is 14.5. The van der Waals surface area contributed by atoms with Gasteiger partial charge in [0.05, 0.1) is 10.4 Å². The highest BCUT2D eigenvalue weighted by Gasteiger charge is 2.26. The van der Waals surface area contributed by atoms with Gasteiger partial charge in [0, 0.05) is 37.3 Å². The third-order valence-electron chi connectivity index (χ3n) is 4.81. The lowest BCUT2D eigenvalue weighted by molar-refractivity contribution is -0.384. The van der Waals surface area contributed by atoms with Crippen LogP contribution in [0, 0.1) is 10.1 Å². The highest BCUT2D eigenvalue weighted by molar-refractivity contribution is 6.30. The Labute approximate surface area is 165 Å². The summed E-state index contributed by atoms with van der Waals surface area (Å²) in [6.07, 6.45) is 0. The number of aromatic nitrogens is 3. The average Bonchev–Trinajstić information content (AvgIpc) is 3.11. The number of nitro groups is 1. The van der Waals surface area contributed by atoms with Crippen molar-refractivity contribution < 1.29 is 9.72 Å². The van der Waals surface area contributed by atoms with Gasteiger partial charge in [0.2, 0.25) is 5.91 Å². The zero-order chi connectivity index (χ0) is 19.7. The van der Waals surface area contributed by atoms with Crippen LogP contribution in [-0.2, 0) is 11.3 Å². The molecule has 28 heavy (non-hydrogen) atoms. The molecule has 2 aromatic carbocycles. The molecule has 0 saturated carbocycles. The minimum absolute atomic E-state index is 0.0265. The van der Waals surface area contributed by atoms with E-state index in [4.69, 9.17) is 11.6 Å². The van der Waals surface area contributed by atoms with Gasteiger partial charge >= 0.3 is 0 Å². The summed E-state index contributed by atoms with van der Waals surface area (Å²) in [5.74, 6) is -0.0547. The van der Waals surface area contributed by atoms with Gasteiger partial charge in [0.1, 0.15) is 17.7 Å². The zero-order valence-electron chi connectivity index (χ0n) is 14.9. The number of hydrogen-bond acceptors (Lipinski definition) is 6. The zero-order valence-corrected chi connectivity index (χ0v) is 15.6. The minimum Gasteiger partial charge on any atom is -0.362 e. The van der Waals surface area contributed by atoms with Crippen molar-refractivity contribution in [3.8, 4) is 0 Å². The Kier molecular flexibility index (Phi) is 4.82. The van der Waals surface area contributed by atoms with E-state index in [1.54, 1.807) is 21.7 Å². The molecule has 0 bridgehead atoms. The number of halogens is 1. The van der Waals surface area contributed by atoms with Crippen LogP contribution >= 0.6 is 11.6 Å². The molecule has 0 atom stereocenters. The van der Waals surface area contributed by atoms with E-state index < -0.39 is 4.92 Å². The molecular formula is C18H17ClN6O3. The maximum absolute atomic E-state index is 12.7. The molecule has 144 valence electrons. The van der Waals surface area contributed by atoms with Crippen molar-refractivity contribution in [1.29, 1.82) is 0 Å². The van der Waals surface area contributed by atoms with Crippen LogP contribution in [-0.4, -0.2) is 56.9 Å². The van der Waals surface area contributed by atoms with Crippen molar-refractivity contribution in [2.24, 2.45) is 0 Å². The van der Waals surface area contributed by atoms with E-state index >= 15 is 0 Å². The molecule has 1 aromatic heterocycles. The first-order valence-corrected chi connectivity index (χ1v) is 9.15. The van der Waals surface area contributed by atoms with E-state index in [1.165, 1.54) is 6.07 Å². The second kappa shape index (κ2) is 7.43. The number of para-hydroxylation sites is 1. The lowest BCUT2D eigenvalue weighted by Crippen LogP contribution is -2.49. The van der Waals surface area contributed by atoms with Gasteiger partial charge in [0.25, 0.3) is 5.69 Å². The van der Waals surface area contributed by atoms with Crippen LogP contribution in [0.25, 0.3) is 11.0 Å². The summed E-state index contributed by atoms with van der Waals surface area (Å²) in [6, 6.07) is 12.1. The van der Waals surface area contributed by atoms with Crippen molar-refractivity contribution >= 4 is 39.9 Å². The molecule has 3 aromatic rings. The Morgan fingerprint density at radius 1 is 1.14 bits per heavy atom. The number of amides is 1. The number of hydrogen-bond donors (Lipinski definition) is 0. The number of piperazine rings is 1. The van der Waals surface area contributed by atoms with E-state index in [-0.39, 0.29) is 18.1 Å². The van der Waals surface area contributed by atoms with Crippen LogP contribution in [0.2, 0.25) is 5.02 Å². The summed E-state index contributed by atoms with van der Waals surface area (Å²) in [6.45, 7) is 2.08. The van der Waals surface area contributed by atoms with Gasteiger partial charge in [-0.25, -0.2) is 4.68 Å². The fourth-order valence-electron chi connectivity index (χ4n) is 3.37. The standard InChI is InChI=1S/C18H17ClN6O3/c19-13-5-6-16(17(11-13)25(27)28)22-7-9-23(10-8-22)18(26)12-24-15-4-2-1-3-14(15)20-21-24/h1-6,11H,7-10,12H2. The Balaban J connectivity index is 1.43. The number of benzene rings is 2. The van der Waals surface area contributed by atoms with E-state index in [0.717, 1.165) is 11.0 Å². The Bertz CT molecular complexity index is 1040. The predicted octanol–water partition coefficient (Wildman–Crippen LogP) is 2.34. The molecule has 0 unspecified atom stereocenters.